The minimum atomic E-state index is -0.681. The first-order valence-electron chi connectivity index (χ1n) is 4.04. The number of likely N-dealkylation sites (N-methyl/N-ethyl adjacent to an activating group) is 1. The van der Waals surface area contributed by atoms with E-state index in [9.17, 15) is 4.79 Å². The van der Waals surface area contributed by atoms with Gasteiger partial charge in [-0.15, -0.1) is 0 Å². The lowest BCUT2D eigenvalue weighted by Crippen LogP contribution is -2.44. The lowest BCUT2D eigenvalue weighted by Gasteiger charge is -2.32. The van der Waals surface area contributed by atoms with Crippen LogP contribution in [0.25, 0.3) is 0 Å². The molecule has 1 fully saturated rings. The van der Waals surface area contributed by atoms with E-state index < -0.39 is 5.97 Å². The summed E-state index contributed by atoms with van der Waals surface area (Å²) < 4.78 is 0. The first-order chi connectivity index (χ1) is 5.11. The van der Waals surface area contributed by atoms with Crippen molar-refractivity contribution in [1.82, 2.24) is 4.90 Å². The Morgan fingerprint density at radius 2 is 2.27 bits per heavy atom. The van der Waals surface area contributed by atoms with Crippen LogP contribution in [0.3, 0.4) is 0 Å². The minimum absolute atomic E-state index is 0.251. The standard InChI is InChI=1S/C8H15NO2/c1-6-3-4-9(2)7(5-6)8(10)11/h6-7H,3-5H2,1-2H3,(H,10,11). The summed E-state index contributed by atoms with van der Waals surface area (Å²) in [5, 5.41) is 8.78. The van der Waals surface area contributed by atoms with E-state index in [1.807, 2.05) is 11.9 Å². The summed E-state index contributed by atoms with van der Waals surface area (Å²) in [5.74, 6) is -0.119. The van der Waals surface area contributed by atoms with Gasteiger partial charge in [0.2, 0.25) is 0 Å². The van der Waals surface area contributed by atoms with Gasteiger partial charge >= 0.3 is 5.97 Å². The largest absolute Gasteiger partial charge is 0.480 e. The van der Waals surface area contributed by atoms with Gasteiger partial charge in [-0.25, -0.2) is 0 Å². The fraction of sp³-hybridized carbons (Fsp3) is 0.875. The van der Waals surface area contributed by atoms with E-state index in [0.717, 1.165) is 19.4 Å². The monoisotopic (exact) mass is 157 g/mol. The zero-order valence-corrected chi connectivity index (χ0v) is 7.08. The summed E-state index contributed by atoms with van der Waals surface area (Å²) in [6.07, 6.45) is 1.92. The molecule has 0 saturated carbocycles. The van der Waals surface area contributed by atoms with Crippen LogP contribution in [0.1, 0.15) is 19.8 Å². The van der Waals surface area contributed by atoms with E-state index in [4.69, 9.17) is 5.11 Å². The van der Waals surface area contributed by atoms with Gasteiger partial charge in [0.05, 0.1) is 0 Å². The number of carboxylic acids is 1. The van der Waals surface area contributed by atoms with Crippen LogP contribution < -0.4 is 0 Å². The molecule has 1 aliphatic heterocycles. The first kappa shape index (κ1) is 8.53. The van der Waals surface area contributed by atoms with Crippen LogP contribution in [0, 0.1) is 5.92 Å². The smallest absolute Gasteiger partial charge is 0.320 e. The average Bonchev–Trinajstić information content (AvgIpc) is 1.94. The zero-order chi connectivity index (χ0) is 8.43. The van der Waals surface area contributed by atoms with Crippen molar-refractivity contribution >= 4 is 5.97 Å². The molecule has 2 atom stereocenters. The predicted molar refractivity (Wildman–Crippen MR) is 42.5 cm³/mol. The van der Waals surface area contributed by atoms with Crippen molar-refractivity contribution in [1.29, 1.82) is 0 Å². The molecule has 0 radical (unpaired) electrons. The molecule has 0 aromatic rings. The Bertz CT molecular complexity index is 158. The van der Waals surface area contributed by atoms with Gasteiger partial charge < -0.3 is 5.11 Å². The maximum atomic E-state index is 10.7. The average molecular weight is 157 g/mol. The van der Waals surface area contributed by atoms with Gasteiger partial charge in [-0.3, -0.25) is 9.69 Å². The highest BCUT2D eigenvalue weighted by atomic mass is 16.4. The number of nitrogens with zero attached hydrogens (tertiary/aromatic N) is 1. The highest BCUT2D eigenvalue weighted by Crippen LogP contribution is 2.20. The maximum absolute atomic E-state index is 10.7. The van der Waals surface area contributed by atoms with Crippen LogP contribution in [0.4, 0.5) is 0 Å². The van der Waals surface area contributed by atoms with Gasteiger partial charge in [0.15, 0.2) is 0 Å². The quantitative estimate of drug-likeness (QED) is 0.612. The van der Waals surface area contributed by atoms with Crippen LogP contribution in [0.2, 0.25) is 0 Å². The molecule has 0 bridgehead atoms. The number of carbonyl (C=O) groups is 1. The minimum Gasteiger partial charge on any atom is -0.480 e. The second-order valence-corrected chi connectivity index (χ2v) is 3.46. The maximum Gasteiger partial charge on any atom is 0.320 e. The van der Waals surface area contributed by atoms with Crippen molar-refractivity contribution in [3.05, 3.63) is 0 Å². The highest BCUT2D eigenvalue weighted by Gasteiger charge is 2.28. The van der Waals surface area contributed by atoms with E-state index in [-0.39, 0.29) is 6.04 Å². The normalized spacial score (nSPS) is 33.6. The van der Waals surface area contributed by atoms with Crippen molar-refractivity contribution in [2.24, 2.45) is 5.92 Å². The fourth-order valence-electron chi connectivity index (χ4n) is 1.55. The first-order valence-corrected chi connectivity index (χ1v) is 4.04. The Morgan fingerprint density at radius 3 is 2.73 bits per heavy atom. The summed E-state index contributed by atoms with van der Waals surface area (Å²) in [7, 11) is 1.88. The summed E-state index contributed by atoms with van der Waals surface area (Å²) in [4.78, 5) is 12.6. The molecule has 1 saturated heterocycles. The molecular formula is C8H15NO2. The second-order valence-electron chi connectivity index (χ2n) is 3.46. The van der Waals surface area contributed by atoms with Gasteiger partial charge in [-0.2, -0.15) is 0 Å². The van der Waals surface area contributed by atoms with Crippen LogP contribution >= 0.6 is 0 Å². The molecule has 3 heteroatoms. The third kappa shape index (κ3) is 1.93. The number of aliphatic carboxylic acids is 1. The van der Waals surface area contributed by atoms with Crippen molar-refractivity contribution in [3.63, 3.8) is 0 Å². The summed E-state index contributed by atoms with van der Waals surface area (Å²) >= 11 is 0. The SMILES string of the molecule is CC1CCN(C)C(C(=O)O)C1. The van der Waals surface area contributed by atoms with E-state index in [0.29, 0.717) is 5.92 Å². The number of carboxylic acid groups (broad SMARTS) is 1. The van der Waals surface area contributed by atoms with Crippen molar-refractivity contribution < 1.29 is 9.90 Å². The van der Waals surface area contributed by atoms with E-state index >= 15 is 0 Å². The fourth-order valence-corrected chi connectivity index (χ4v) is 1.55. The summed E-state index contributed by atoms with van der Waals surface area (Å²) in [5.41, 5.74) is 0. The van der Waals surface area contributed by atoms with Crippen molar-refractivity contribution in [2.45, 2.75) is 25.8 Å². The van der Waals surface area contributed by atoms with E-state index in [2.05, 4.69) is 6.92 Å². The molecule has 0 aliphatic carbocycles. The molecule has 1 rings (SSSR count). The molecule has 0 amide bonds. The Kier molecular flexibility index (Phi) is 2.49. The molecule has 64 valence electrons. The number of likely N-dealkylation sites (tertiary alicyclic amines) is 1. The van der Waals surface area contributed by atoms with Crippen molar-refractivity contribution in [3.8, 4) is 0 Å². The topological polar surface area (TPSA) is 40.5 Å². The number of hydrogen-bond donors (Lipinski definition) is 1. The van der Waals surface area contributed by atoms with Crippen LogP contribution in [-0.2, 0) is 4.79 Å². The van der Waals surface area contributed by atoms with Gasteiger partial charge in [-0.1, -0.05) is 6.92 Å². The molecular weight excluding hydrogens is 142 g/mol. The molecule has 1 aliphatic rings. The molecule has 0 spiro atoms. The molecule has 0 aromatic heterocycles. The molecule has 2 unspecified atom stereocenters. The van der Waals surface area contributed by atoms with E-state index in [1.165, 1.54) is 0 Å². The van der Waals surface area contributed by atoms with Gasteiger partial charge in [0.1, 0.15) is 6.04 Å². The Labute approximate surface area is 67.0 Å². The Hall–Kier alpha value is -0.570. The number of hydrogen-bond acceptors (Lipinski definition) is 2. The molecule has 11 heavy (non-hydrogen) atoms. The number of rotatable bonds is 1. The molecule has 1 heterocycles. The van der Waals surface area contributed by atoms with Crippen LogP contribution in [-0.4, -0.2) is 35.6 Å². The van der Waals surface area contributed by atoms with Crippen LogP contribution in [0.15, 0.2) is 0 Å². The third-order valence-electron chi connectivity index (χ3n) is 2.42. The molecule has 3 nitrogen and oxygen atoms in total. The summed E-state index contributed by atoms with van der Waals surface area (Å²) in [6, 6.07) is -0.251. The van der Waals surface area contributed by atoms with Crippen molar-refractivity contribution in [2.75, 3.05) is 13.6 Å². The lowest BCUT2D eigenvalue weighted by atomic mass is 9.93. The predicted octanol–water partition coefficient (Wildman–Crippen LogP) is 0.801. The molecule has 0 aromatic carbocycles. The van der Waals surface area contributed by atoms with Gasteiger partial charge in [0.25, 0.3) is 0 Å². The zero-order valence-electron chi connectivity index (χ0n) is 7.08. The van der Waals surface area contributed by atoms with Gasteiger partial charge in [0, 0.05) is 0 Å². The van der Waals surface area contributed by atoms with Crippen LogP contribution in [0.5, 0.6) is 0 Å². The number of piperidine rings is 1. The molecule has 1 N–H and O–H groups in total. The van der Waals surface area contributed by atoms with E-state index in [1.54, 1.807) is 0 Å². The lowest BCUT2D eigenvalue weighted by molar-refractivity contribution is -0.144. The summed E-state index contributed by atoms with van der Waals surface area (Å²) in [6.45, 7) is 3.03. The highest BCUT2D eigenvalue weighted by molar-refractivity contribution is 5.73. The van der Waals surface area contributed by atoms with Gasteiger partial charge in [-0.05, 0) is 32.4 Å². The Balaban J connectivity index is 2.54. The Morgan fingerprint density at radius 1 is 1.64 bits per heavy atom. The third-order valence-corrected chi connectivity index (χ3v) is 2.42. The second kappa shape index (κ2) is 3.22.